The second-order valence-corrected chi connectivity index (χ2v) is 7.69. The van der Waals surface area contributed by atoms with E-state index < -0.39 is 0 Å². The number of nitrogens with one attached hydrogen (secondary N) is 1. The second-order valence-electron chi connectivity index (χ2n) is 6.77. The highest BCUT2D eigenvalue weighted by molar-refractivity contribution is 9.10. The Morgan fingerprint density at radius 2 is 1.96 bits per heavy atom. The SMILES string of the molecule is O=C(CCN(C[C@H]1CCCO1)C(=O)c1ccc(Br)cc1)N1CCNCC1. The van der Waals surface area contributed by atoms with E-state index in [0.717, 1.165) is 50.1 Å². The zero-order chi connectivity index (χ0) is 18.4. The van der Waals surface area contributed by atoms with E-state index in [1.807, 2.05) is 29.2 Å². The molecule has 1 aromatic rings. The zero-order valence-electron chi connectivity index (χ0n) is 15.0. The summed E-state index contributed by atoms with van der Waals surface area (Å²) in [4.78, 5) is 29.1. The lowest BCUT2D eigenvalue weighted by atomic mass is 10.1. The Labute approximate surface area is 163 Å². The summed E-state index contributed by atoms with van der Waals surface area (Å²) in [6, 6.07) is 7.35. The van der Waals surface area contributed by atoms with Crippen LogP contribution in [0.1, 0.15) is 29.6 Å². The van der Waals surface area contributed by atoms with Gasteiger partial charge in [-0.15, -0.1) is 0 Å². The molecule has 1 atom stereocenters. The van der Waals surface area contributed by atoms with Gasteiger partial charge in [-0.3, -0.25) is 9.59 Å². The lowest BCUT2D eigenvalue weighted by Gasteiger charge is -2.30. The van der Waals surface area contributed by atoms with Gasteiger partial charge >= 0.3 is 0 Å². The van der Waals surface area contributed by atoms with Crippen molar-refractivity contribution in [3.05, 3.63) is 34.3 Å². The van der Waals surface area contributed by atoms with Gasteiger partial charge in [0.15, 0.2) is 0 Å². The fraction of sp³-hybridized carbons (Fsp3) is 0.579. The minimum atomic E-state index is -0.0406. The lowest BCUT2D eigenvalue weighted by molar-refractivity contribution is -0.132. The van der Waals surface area contributed by atoms with Gasteiger partial charge in [-0.25, -0.2) is 0 Å². The van der Waals surface area contributed by atoms with Crippen LogP contribution in [0, 0.1) is 0 Å². The Balaban J connectivity index is 1.63. The summed E-state index contributed by atoms with van der Waals surface area (Å²) in [5.74, 6) is 0.0774. The van der Waals surface area contributed by atoms with Crippen LogP contribution < -0.4 is 5.32 Å². The average Bonchev–Trinajstić information content (AvgIpc) is 3.19. The number of carbonyl (C=O) groups excluding carboxylic acids is 2. The van der Waals surface area contributed by atoms with Crippen molar-refractivity contribution >= 4 is 27.7 Å². The first-order valence-electron chi connectivity index (χ1n) is 9.28. The molecule has 2 heterocycles. The summed E-state index contributed by atoms with van der Waals surface area (Å²) in [5.41, 5.74) is 0.640. The molecule has 0 aliphatic carbocycles. The third-order valence-electron chi connectivity index (χ3n) is 4.89. The molecule has 2 amide bonds. The van der Waals surface area contributed by atoms with Crippen molar-refractivity contribution < 1.29 is 14.3 Å². The third-order valence-corrected chi connectivity index (χ3v) is 5.42. The van der Waals surface area contributed by atoms with Crippen molar-refractivity contribution in [3.63, 3.8) is 0 Å². The monoisotopic (exact) mass is 423 g/mol. The highest BCUT2D eigenvalue weighted by Crippen LogP contribution is 2.17. The van der Waals surface area contributed by atoms with Crippen LogP contribution in [0.25, 0.3) is 0 Å². The Morgan fingerprint density at radius 1 is 1.23 bits per heavy atom. The van der Waals surface area contributed by atoms with E-state index in [-0.39, 0.29) is 17.9 Å². The molecule has 0 bridgehead atoms. The number of hydrogen-bond donors (Lipinski definition) is 1. The van der Waals surface area contributed by atoms with Gasteiger partial charge in [0.2, 0.25) is 5.91 Å². The molecule has 0 aromatic heterocycles. The van der Waals surface area contributed by atoms with E-state index in [0.29, 0.717) is 25.1 Å². The predicted molar refractivity (Wildman–Crippen MR) is 103 cm³/mol. The first-order chi connectivity index (χ1) is 12.6. The molecular weight excluding hydrogens is 398 g/mol. The van der Waals surface area contributed by atoms with E-state index in [4.69, 9.17) is 4.74 Å². The van der Waals surface area contributed by atoms with Crippen molar-refractivity contribution in [3.8, 4) is 0 Å². The number of benzene rings is 1. The molecule has 142 valence electrons. The average molecular weight is 424 g/mol. The molecule has 6 nitrogen and oxygen atoms in total. The quantitative estimate of drug-likeness (QED) is 0.758. The van der Waals surface area contributed by atoms with Gasteiger partial charge < -0.3 is 19.9 Å². The van der Waals surface area contributed by atoms with Crippen LogP contribution in [0.4, 0.5) is 0 Å². The van der Waals surface area contributed by atoms with E-state index >= 15 is 0 Å². The largest absolute Gasteiger partial charge is 0.376 e. The summed E-state index contributed by atoms with van der Waals surface area (Å²) in [7, 11) is 0. The van der Waals surface area contributed by atoms with Crippen LogP contribution in [0.3, 0.4) is 0 Å². The van der Waals surface area contributed by atoms with Gasteiger partial charge in [0.25, 0.3) is 5.91 Å². The van der Waals surface area contributed by atoms with Gasteiger partial charge in [-0.1, -0.05) is 15.9 Å². The number of hydrogen-bond acceptors (Lipinski definition) is 4. The van der Waals surface area contributed by atoms with Crippen molar-refractivity contribution in [2.45, 2.75) is 25.4 Å². The molecule has 26 heavy (non-hydrogen) atoms. The highest BCUT2D eigenvalue weighted by atomic mass is 79.9. The molecule has 2 aliphatic rings. The minimum Gasteiger partial charge on any atom is -0.376 e. The molecule has 1 N–H and O–H groups in total. The molecule has 2 fully saturated rings. The Bertz CT molecular complexity index is 611. The number of ether oxygens (including phenoxy) is 1. The van der Waals surface area contributed by atoms with Gasteiger partial charge in [-0.2, -0.15) is 0 Å². The van der Waals surface area contributed by atoms with Crippen LogP contribution in [-0.2, 0) is 9.53 Å². The summed E-state index contributed by atoms with van der Waals surface area (Å²) in [6.07, 6.45) is 2.43. The fourth-order valence-electron chi connectivity index (χ4n) is 3.39. The van der Waals surface area contributed by atoms with Crippen molar-refractivity contribution in [2.24, 2.45) is 0 Å². The number of halogens is 1. The van der Waals surface area contributed by atoms with E-state index in [2.05, 4.69) is 21.2 Å². The maximum Gasteiger partial charge on any atom is 0.253 e. The molecule has 3 rings (SSSR count). The summed E-state index contributed by atoms with van der Waals surface area (Å²) >= 11 is 3.40. The summed E-state index contributed by atoms with van der Waals surface area (Å²) in [5, 5.41) is 3.25. The zero-order valence-corrected chi connectivity index (χ0v) is 16.5. The van der Waals surface area contributed by atoms with Crippen molar-refractivity contribution in [2.75, 3.05) is 45.9 Å². The Hall–Kier alpha value is -1.44. The maximum absolute atomic E-state index is 13.0. The van der Waals surface area contributed by atoms with Crippen LogP contribution in [-0.4, -0.2) is 73.6 Å². The maximum atomic E-state index is 13.0. The van der Waals surface area contributed by atoms with Crippen LogP contribution in [0.2, 0.25) is 0 Å². The van der Waals surface area contributed by atoms with Gasteiger partial charge in [-0.05, 0) is 37.1 Å². The summed E-state index contributed by atoms with van der Waals surface area (Å²) < 4.78 is 6.65. The van der Waals surface area contributed by atoms with Crippen LogP contribution in [0.5, 0.6) is 0 Å². The number of amides is 2. The second kappa shape index (κ2) is 9.48. The van der Waals surface area contributed by atoms with Gasteiger partial charge in [0, 0.05) is 62.3 Å². The molecule has 2 aliphatic heterocycles. The Morgan fingerprint density at radius 3 is 2.62 bits per heavy atom. The first-order valence-corrected chi connectivity index (χ1v) is 10.1. The Kier molecular flexibility index (Phi) is 7.05. The van der Waals surface area contributed by atoms with E-state index in [1.165, 1.54) is 0 Å². The minimum absolute atomic E-state index is 0.0406. The molecule has 7 heteroatoms. The molecule has 0 unspecified atom stereocenters. The number of rotatable bonds is 6. The molecule has 0 saturated carbocycles. The van der Waals surface area contributed by atoms with Crippen LogP contribution >= 0.6 is 15.9 Å². The van der Waals surface area contributed by atoms with E-state index in [9.17, 15) is 9.59 Å². The van der Waals surface area contributed by atoms with Gasteiger partial charge in [0.1, 0.15) is 0 Å². The topological polar surface area (TPSA) is 61.9 Å². The fourth-order valence-corrected chi connectivity index (χ4v) is 3.65. The highest BCUT2D eigenvalue weighted by Gasteiger charge is 2.25. The molecular formula is C19H26BrN3O3. The van der Waals surface area contributed by atoms with Crippen molar-refractivity contribution in [1.29, 1.82) is 0 Å². The smallest absolute Gasteiger partial charge is 0.253 e. The predicted octanol–water partition coefficient (Wildman–Crippen LogP) is 1.89. The summed E-state index contributed by atoms with van der Waals surface area (Å²) in [6.45, 7) is 4.88. The van der Waals surface area contributed by atoms with E-state index in [1.54, 1.807) is 4.90 Å². The molecule has 2 saturated heterocycles. The first kappa shape index (κ1) is 19.3. The number of piperazine rings is 1. The normalized spacial score (nSPS) is 20.2. The standard InChI is InChI=1S/C19H26BrN3O3/c20-16-5-3-15(4-6-16)19(25)23(14-17-2-1-13-26-17)10-7-18(24)22-11-8-21-9-12-22/h3-6,17,21H,1-2,7-14H2/t17-/m1/s1. The third kappa shape index (κ3) is 5.28. The lowest BCUT2D eigenvalue weighted by Crippen LogP contribution is -2.47. The number of nitrogens with zero attached hydrogens (tertiary/aromatic N) is 2. The van der Waals surface area contributed by atoms with Crippen LogP contribution in [0.15, 0.2) is 28.7 Å². The van der Waals surface area contributed by atoms with Gasteiger partial charge in [0.05, 0.1) is 6.10 Å². The van der Waals surface area contributed by atoms with Crippen molar-refractivity contribution in [1.82, 2.24) is 15.1 Å². The molecule has 0 spiro atoms. The number of carbonyl (C=O) groups is 2. The molecule has 1 aromatic carbocycles. The molecule has 0 radical (unpaired) electrons.